The molecule has 0 aromatic heterocycles. The molecule has 94 valence electrons. The molecule has 0 aliphatic carbocycles. The van der Waals surface area contributed by atoms with Crippen molar-refractivity contribution in [3.8, 4) is 0 Å². The van der Waals surface area contributed by atoms with E-state index in [-0.39, 0.29) is 0 Å². The minimum Gasteiger partial charge on any atom is -0.300 e. The van der Waals surface area contributed by atoms with E-state index >= 15 is 0 Å². The van der Waals surface area contributed by atoms with Crippen molar-refractivity contribution in [3.05, 3.63) is 35.9 Å². The summed E-state index contributed by atoms with van der Waals surface area (Å²) in [6.45, 7) is 11.8. The minimum atomic E-state index is 0.388. The molecule has 0 amide bonds. The van der Waals surface area contributed by atoms with Gasteiger partial charge in [0.05, 0.1) is 0 Å². The van der Waals surface area contributed by atoms with Crippen LogP contribution in [0.1, 0.15) is 45.6 Å². The normalized spacial score (nSPS) is 26.4. The highest BCUT2D eigenvalue weighted by molar-refractivity contribution is 5.22. The van der Waals surface area contributed by atoms with E-state index in [4.69, 9.17) is 0 Å². The molecule has 0 spiro atoms. The quantitative estimate of drug-likeness (QED) is 0.746. The molecule has 1 heterocycles. The molecule has 1 aromatic rings. The Balaban J connectivity index is 2.15. The SMILES string of the molecule is CCN1CC(c2ccccc2)CC1C(C)(C)C. The minimum absolute atomic E-state index is 0.388. The summed E-state index contributed by atoms with van der Waals surface area (Å²) in [5.74, 6) is 0.723. The molecule has 0 radical (unpaired) electrons. The number of rotatable bonds is 2. The highest BCUT2D eigenvalue weighted by Crippen LogP contribution is 2.39. The van der Waals surface area contributed by atoms with Crippen LogP contribution in [-0.4, -0.2) is 24.0 Å². The first-order valence-electron chi connectivity index (χ1n) is 6.81. The number of benzene rings is 1. The maximum absolute atomic E-state index is 2.65. The van der Waals surface area contributed by atoms with Gasteiger partial charge >= 0.3 is 0 Å². The molecule has 1 aliphatic rings. The van der Waals surface area contributed by atoms with Crippen molar-refractivity contribution in [2.45, 2.75) is 46.1 Å². The van der Waals surface area contributed by atoms with Gasteiger partial charge in [-0.2, -0.15) is 0 Å². The average molecular weight is 231 g/mol. The first-order valence-corrected chi connectivity index (χ1v) is 6.81. The summed E-state index contributed by atoms with van der Waals surface area (Å²) in [6.07, 6.45) is 1.31. The third kappa shape index (κ3) is 2.71. The molecule has 1 saturated heterocycles. The predicted molar refractivity (Wildman–Crippen MR) is 74.3 cm³/mol. The largest absolute Gasteiger partial charge is 0.300 e. The van der Waals surface area contributed by atoms with Crippen LogP contribution in [0.3, 0.4) is 0 Å². The van der Waals surface area contributed by atoms with Crippen molar-refractivity contribution in [2.24, 2.45) is 5.41 Å². The van der Waals surface area contributed by atoms with Gasteiger partial charge in [0.2, 0.25) is 0 Å². The Morgan fingerprint density at radius 1 is 1.18 bits per heavy atom. The summed E-state index contributed by atoms with van der Waals surface area (Å²) >= 11 is 0. The van der Waals surface area contributed by atoms with Gasteiger partial charge in [0.1, 0.15) is 0 Å². The Hall–Kier alpha value is -0.820. The van der Waals surface area contributed by atoms with Gasteiger partial charge in [-0.3, -0.25) is 4.90 Å². The fourth-order valence-electron chi connectivity index (χ4n) is 3.12. The van der Waals surface area contributed by atoms with E-state index in [1.807, 2.05) is 0 Å². The van der Waals surface area contributed by atoms with E-state index < -0.39 is 0 Å². The Morgan fingerprint density at radius 3 is 2.29 bits per heavy atom. The molecule has 17 heavy (non-hydrogen) atoms. The van der Waals surface area contributed by atoms with E-state index in [1.54, 1.807) is 0 Å². The molecule has 0 saturated carbocycles. The summed E-state index contributed by atoms with van der Waals surface area (Å²) in [4.78, 5) is 2.65. The monoisotopic (exact) mass is 231 g/mol. The van der Waals surface area contributed by atoms with Gasteiger partial charge in [-0.25, -0.2) is 0 Å². The van der Waals surface area contributed by atoms with Gasteiger partial charge in [0.25, 0.3) is 0 Å². The van der Waals surface area contributed by atoms with Crippen LogP contribution in [-0.2, 0) is 0 Å². The van der Waals surface area contributed by atoms with E-state index in [2.05, 4.69) is 62.9 Å². The van der Waals surface area contributed by atoms with Crippen LogP contribution in [0.5, 0.6) is 0 Å². The molecule has 1 heteroatoms. The molecular weight excluding hydrogens is 206 g/mol. The van der Waals surface area contributed by atoms with Crippen LogP contribution in [0.25, 0.3) is 0 Å². The van der Waals surface area contributed by atoms with Crippen LogP contribution in [0.2, 0.25) is 0 Å². The Kier molecular flexibility index (Phi) is 3.58. The van der Waals surface area contributed by atoms with Crippen molar-refractivity contribution in [1.29, 1.82) is 0 Å². The van der Waals surface area contributed by atoms with E-state index in [1.165, 1.54) is 25.1 Å². The third-order valence-corrected chi connectivity index (χ3v) is 4.08. The number of likely N-dealkylation sites (tertiary alicyclic amines) is 1. The predicted octanol–water partition coefficient (Wildman–Crippen LogP) is 3.91. The van der Waals surface area contributed by atoms with Gasteiger partial charge in [-0.05, 0) is 29.9 Å². The van der Waals surface area contributed by atoms with Crippen LogP contribution in [0.4, 0.5) is 0 Å². The average Bonchev–Trinajstić information content (AvgIpc) is 2.74. The summed E-state index contributed by atoms with van der Waals surface area (Å²) in [7, 11) is 0. The maximum atomic E-state index is 2.65. The second-order valence-electron chi connectivity index (χ2n) is 6.31. The summed E-state index contributed by atoms with van der Waals surface area (Å²) < 4.78 is 0. The molecule has 0 N–H and O–H groups in total. The number of hydrogen-bond acceptors (Lipinski definition) is 1. The Labute approximate surface area is 106 Å². The van der Waals surface area contributed by atoms with Gasteiger partial charge in [0.15, 0.2) is 0 Å². The number of nitrogens with zero attached hydrogens (tertiary/aromatic N) is 1. The van der Waals surface area contributed by atoms with Crippen LogP contribution in [0, 0.1) is 5.41 Å². The lowest BCUT2D eigenvalue weighted by atomic mass is 9.82. The molecule has 1 nitrogen and oxygen atoms in total. The van der Waals surface area contributed by atoms with Crippen molar-refractivity contribution in [2.75, 3.05) is 13.1 Å². The summed E-state index contributed by atoms with van der Waals surface area (Å²) in [6, 6.07) is 11.7. The van der Waals surface area contributed by atoms with E-state index in [0.717, 1.165) is 12.0 Å². The molecule has 2 rings (SSSR count). The molecule has 2 atom stereocenters. The highest BCUT2D eigenvalue weighted by Gasteiger charge is 2.38. The topological polar surface area (TPSA) is 3.24 Å². The molecule has 1 aromatic carbocycles. The molecule has 1 aliphatic heterocycles. The lowest BCUT2D eigenvalue weighted by Gasteiger charge is -2.34. The van der Waals surface area contributed by atoms with E-state index in [0.29, 0.717) is 5.41 Å². The van der Waals surface area contributed by atoms with E-state index in [9.17, 15) is 0 Å². The lowest BCUT2D eigenvalue weighted by molar-refractivity contribution is 0.147. The number of hydrogen-bond donors (Lipinski definition) is 0. The van der Waals surface area contributed by atoms with Crippen LogP contribution >= 0.6 is 0 Å². The summed E-state index contributed by atoms with van der Waals surface area (Å²) in [5, 5.41) is 0. The first kappa shape index (κ1) is 12.6. The smallest absolute Gasteiger partial charge is 0.0150 e. The van der Waals surface area contributed by atoms with Crippen molar-refractivity contribution in [1.82, 2.24) is 4.90 Å². The fraction of sp³-hybridized carbons (Fsp3) is 0.625. The number of likely N-dealkylation sites (N-methyl/N-ethyl adjacent to an activating group) is 1. The standard InChI is InChI=1S/C16H25N/c1-5-17-12-14(11-15(17)16(2,3)4)13-9-7-6-8-10-13/h6-10,14-15H,5,11-12H2,1-4H3. The molecule has 2 unspecified atom stereocenters. The zero-order valence-electron chi connectivity index (χ0n) is 11.6. The second kappa shape index (κ2) is 4.81. The third-order valence-electron chi connectivity index (χ3n) is 4.08. The van der Waals surface area contributed by atoms with Gasteiger partial charge in [0, 0.05) is 12.6 Å². The maximum Gasteiger partial charge on any atom is 0.0150 e. The van der Waals surface area contributed by atoms with Crippen LogP contribution < -0.4 is 0 Å². The molecule has 1 fully saturated rings. The van der Waals surface area contributed by atoms with Gasteiger partial charge < -0.3 is 0 Å². The fourth-order valence-corrected chi connectivity index (χ4v) is 3.12. The zero-order chi connectivity index (χ0) is 12.5. The van der Waals surface area contributed by atoms with Gasteiger partial charge in [-0.1, -0.05) is 58.0 Å². The Morgan fingerprint density at radius 2 is 1.82 bits per heavy atom. The van der Waals surface area contributed by atoms with Crippen molar-refractivity contribution < 1.29 is 0 Å². The van der Waals surface area contributed by atoms with Gasteiger partial charge in [-0.15, -0.1) is 0 Å². The Bertz CT molecular complexity index is 350. The zero-order valence-corrected chi connectivity index (χ0v) is 11.6. The first-order chi connectivity index (χ1) is 8.02. The lowest BCUT2D eigenvalue weighted by Crippen LogP contribution is -2.39. The van der Waals surface area contributed by atoms with Crippen LogP contribution in [0.15, 0.2) is 30.3 Å². The molecule has 0 bridgehead atoms. The second-order valence-corrected chi connectivity index (χ2v) is 6.31. The molecular formula is C16H25N. The van der Waals surface area contributed by atoms with Crippen molar-refractivity contribution in [3.63, 3.8) is 0 Å². The van der Waals surface area contributed by atoms with Crippen molar-refractivity contribution >= 4 is 0 Å². The highest BCUT2D eigenvalue weighted by atomic mass is 15.2. The summed E-state index contributed by atoms with van der Waals surface area (Å²) in [5.41, 5.74) is 1.90.